The molecule has 6 heteroatoms. The van der Waals surface area contributed by atoms with Gasteiger partial charge in [0.2, 0.25) is 0 Å². The molecule has 3 heterocycles. The second kappa shape index (κ2) is 6.96. The van der Waals surface area contributed by atoms with Gasteiger partial charge in [-0.1, -0.05) is 0 Å². The van der Waals surface area contributed by atoms with Gasteiger partial charge in [0, 0.05) is 37.9 Å². The van der Waals surface area contributed by atoms with Crippen LogP contribution in [0.5, 0.6) is 5.75 Å². The number of piperazine rings is 1. The molecular weight excluding hydrogens is 319 g/mol. The van der Waals surface area contributed by atoms with E-state index in [1.807, 2.05) is 12.1 Å². The molecule has 3 unspecified atom stereocenters. The van der Waals surface area contributed by atoms with E-state index in [2.05, 4.69) is 26.9 Å². The lowest BCUT2D eigenvalue weighted by Crippen LogP contribution is -2.62. The summed E-state index contributed by atoms with van der Waals surface area (Å²) in [5, 5.41) is 8.28. The Hall–Kier alpha value is -2.21. The third kappa shape index (κ3) is 3.44. The van der Waals surface area contributed by atoms with Gasteiger partial charge in [-0.05, 0) is 56.2 Å². The van der Waals surface area contributed by atoms with E-state index in [9.17, 15) is 4.39 Å². The van der Waals surface area contributed by atoms with Gasteiger partial charge in [-0.25, -0.2) is 4.39 Å². The van der Waals surface area contributed by atoms with Crippen molar-refractivity contribution in [2.75, 3.05) is 24.5 Å². The van der Waals surface area contributed by atoms with E-state index in [0.717, 1.165) is 44.0 Å². The van der Waals surface area contributed by atoms with Gasteiger partial charge in [0.05, 0.1) is 0 Å². The fourth-order valence-corrected chi connectivity index (χ4v) is 4.05. The van der Waals surface area contributed by atoms with E-state index in [0.29, 0.717) is 12.1 Å². The molecule has 0 amide bonds. The standard InChI is InChI=1S/C19H23FN4O/c1-14-18-9-8-17(25-16-6-4-15(20)5-7-16)13-23(18)11-12-24(14)19-3-2-10-21-22-19/h2-7,10,14,17-18H,8-9,11-13H2,1H3. The lowest BCUT2D eigenvalue weighted by Gasteiger charge is -2.50. The maximum Gasteiger partial charge on any atom is 0.151 e. The molecule has 0 bridgehead atoms. The van der Waals surface area contributed by atoms with Crippen molar-refractivity contribution in [2.45, 2.75) is 38.0 Å². The largest absolute Gasteiger partial charge is 0.489 e. The third-order valence-electron chi connectivity index (χ3n) is 5.34. The number of halogens is 1. The molecule has 132 valence electrons. The van der Waals surface area contributed by atoms with Gasteiger partial charge in [-0.15, -0.1) is 5.10 Å². The van der Waals surface area contributed by atoms with E-state index in [1.54, 1.807) is 18.3 Å². The number of hydrogen-bond acceptors (Lipinski definition) is 5. The average Bonchev–Trinajstić information content (AvgIpc) is 2.65. The van der Waals surface area contributed by atoms with Gasteiger partial charge < -0.3 is 9.64 Å². The molecule has 1 aromatic carbocycles. The lowest BCUT2D eigenvalue weighted by atomic mass is 9.91. The first-order valence-electron chi connectivity index (χ1n) is 8.91. The summed E-state index contributed by atoms with van der Waals surface area (Å²) in [6.45, 7) is 5.13. The quantitative estimate of drug-likeness (QED) is 0.858. The first kappa shape index (κ1) is 16.3. The highest BCUT2D eigenvalue weighted by atomic mass is 19.1. The maximum atomic E-state index is 13.0. The number of anilines is 1. The van der Waals surface area contributed by atoms with Crippen molar-refractivity contribution >= 4 is 5.82 Å². The molecule has 5 nitrogen and oxygen atoms in total. The van der Waals surface area contributed by atoms with Gasteiger partial charge in [-0.3, -0.25) is 4.90 Å². The Kier molecular flexibility index (Phi) is 4.53. The summed E-state index contributed by atoms with van der Waals surface area (Å²) in [4.78, 5) is 4.88. The van der Waals surface area contributed by atoms with E-state index in [-0.39, 0.29) is 11.9 Å². The fourth-order valence-electron chi connectivity index (χ4n) is 4.05. The van der Waals surface area contributed by atoms with Crippen LogP contribution in [0, 0.1) is 5.82 Å². The Morgan fingerprint density at radius 1 is 1.12 bits per heavy atom. The van der Waals surface area contributed by atoms with Crippen LogP contribution in [-0.4, -0.2) is 52.9 Å². The third-order valence-corrected chi connectivity index (χ3v) is 5.34. The molecule has 2 aromatic rings. The number of aromatic nitrogens is 2. The normalized spacial score (nSPS) is 27.0. The fraction of sp³-hybridized carbons (Fsp3) is 0.474. The lowest BCUT2D eigenvalue weighted by molar-refractivity contribution is 0.0288. The molecule has 1 aromatic heterocycles. The summed E-state index contributed by atoms with van der Waals surface area (Å²) in [6.07, 6.45) is 3.97. The Morgan fingerprint density at radius 3 is 2.72 bits per heavy atom. The van der Waals surface area contributed by atoms with Crippen LogP contribution in [0.3, 0.4) is 0 Å². The van der Waals surface area contributed by atoms with Gasteiger partial charge in [0.15, 0.2) is 5.82 Å². The molecule has 0 radical (unpaired) electrons. The Bertz CT molecular complexity index is 696. The summed E-state index contributed by atoms with van der Waals surface area (Å²) in [5.74, 6) is 1.47. The van der Waals surface area contributed by atoms with Crippen molar-refractivity contribution in [1.29, 1.82) is 0 Å². The van der Waals surface area contributed by atoms with Crippen LogP contribution < -0.4 is 9.64 Å². The first-order valence-corrected chi connectivity index (χ1v) is 8.91. The zero-order valence-corrected chi connectivity index (χ0v) is 14.4. The molecule has 2 aliphatic rings. The van der Waals surface area contributed by atoms with Gasteiger partial charge in [-0.2, -0.15) is 5.10 Å². The van der Waals surface area contributed by atoms with E-state index in [1.165, 1.54) is 12.1 Å². The van der Waals surface area contributed by atoms with Gasteiger partial charge in [0.1, 0.15) is 17.7 Å². The highest BCUT2D eigenvalue weighted by molar-refractivity contribution is 5.39. The predicted molar refractivity (Wildman–Crippen MR) is 94.3 cm³/mol. The van der Waals surface area contributed by atoms with Crippen LogP contribution in [0.15, 0.2) is 42.6 Å². The molecular formula is C19H23FN4O. The van der Waals surface area contributed by atoms with Crippen LogP contribution in [0.25, 0.3) is 0 Å². The number of hydrogen-bond donors (Lipinski definition) is 0. The molecule has 2 saturated heterocycles. The number of fused-ring (bicyclic) bond motifs is 1. The van der Waals surface area contributed by atoms with Gasteiger partial charge in [0.25, 0.3) is 0 Å². The van der Waals surface area contributed by atoms with Crippen molar-refractivity contribution in [3.8, 4) is 5.75 Å². The molecule has 0 spiro atoms. The first-order chi connectivity index (χ1) is 12.2. The minimum Gasteiger partial charge on any atom is -0.489 e. The van der Waals surface area contributed by atoms with Crippen LogP contribution in [0.1, 0.15) is 19.8 Å². The molecule has 4 rings (SSSR count). The second-order valence-corrected chi connectivity index (χ2v) is 6.85. The smallest absolute Gasteiger partial charge is 0.151 e. The second-order valence-electron chi connectivity index (χ2n) is 6.85. The van der Waals surface area contributed by atoms with Crippen molar-refractivity contribution in [1.82, 2.24) is 15.1 Å². The summed E-state index contributed by atoms with van der Waals surface area (Å²) in [5.41, 5.74) is 0. The van der Waals surface area contributed by atoms with Gasteiger partial charge >= 0.3 is 0 Å². The topological polar surface area (TPSA) is 41.5 Å². The SMILES string of the molecule is CC1C2CCC(Oc3ccc(F)cc3)CN2CCN1c1cccnn1. The van der Waals surface area contributed by atoms with Crippen LogP contribution in [0.2, 0.25) is 0 Å². The zero-order valence-electron chi connectivity index (χ0n) is 14.4. The number of piperidine rings is 1. The highest BCUT2D eigenvalue weighted by Gasteiger charge is 2.38. The Morgan fingerprint density at radius 2 is 1.96 bits per heavy atom. The van der Waals surface area contributed by atoms with E-state index in [4.69, 9.17) is 4.74 Å². The molecule has 0 saturated carbocycles. The minimum absolute atomic E-state index is 0.164. The number of benzene rings is 1. The predicted octanol–water partition coefficient (Wildman–Crippen LogP) is 2.74. The summed E-state index contributed by atoms with van der Waals surface area (Å²) < 4.78 is 19.1. The number of rotatable bonds is 3. The van der Waals surface area contributed by atoms with Crippen LogP contribution >= 0.6 is 0 Å². The van der Waals surface area contributed by atoms with E-state index >= 15 is 0 Å². The van der Waals surface area contributed by atoms with Crippen molar-refractivity contribution < 1.29 is 9.13 Å². The van der Waals surface area contributed by atoms with Crippen molar-refractivity contribution in [2.24, 2.45) is 0 Å². The van der Waals surface area contributed by atoms with E-state index < -0.39 is 0 Å². The molecule has 0 N–H and O–H groups in total. The average molecular weight is 342 g/mol. The molecule has 3 atom stereocenters. The number of nitrogens with zero attached hydrogens (tertiary/aromatic N) is 4. The highest BCUT2D eigenvalue weighted by Crippen LogP contribution is 2.30. The molecule has 0 aliphatic carbocycles. The maximum absolute atomic E-state index is 13.0. The summed E-state index contributed by atoms with van der Waals surface area (Å²) in [6, 6.07) is 11.2. The number of ether oxygens (including phenoxy) is 1. The minimum atomic E-state index is -0.231. The van der Waals surface area contributed by atoms with Crippen LogP contribution in [0.4, 0.5) is 10.2 Å². The van der Waals surface area contributed by atoms with Crippen molar-refractivity contribution in [3.63, 3.8) is 0 Å². The monoisotopic (exact) mass is 342 g/mol. The Balaban J connectivity index is 1.40. The molecule has 2 fully saturated rings. The Labute approximate surface area is 147 Å². The molecule has 25 heavy (non-hydrogen) atoms. The molecule has 2 aliphatic heterocycles. The van der Waals surface area contributed by atoms with Crippen molar-refractivity contribution in [3.05, 3.63) is 48.4 Å². The van der Waals surface area contributed by atoms with Crippen LogP contribution in [-0.2, 0) is 0 Å². The summed E-state index contributed by atoms with van der Waals surface area (Å²) in [7, 11) is 0. The zero-order chi connectivity index (χ0) is 17.2. The summed E-state index contributed by atoms with van der Waals surface area (Å²) >= 11 is 0.